The summed E-state index contributed by atoms with van der Waals surface area (Å²) < 4.78 is 5.40. The zero-order valence-electron chi connectivity index (χ0n) is 17.9. The molecule has 0 aliphatic heterocycles. The Balaban J connectivity index is 1.56. The second-order valence-electron chi connectivity index (χ2n) is 7.04. The Bertz CT molecular complexity index is 1510. The molecule has 3 heterocycles. The molecular weight excluding hydrogens is 527 g/mol. The van der Waals surface area contributed by atoms with Crippen molar-refractivity contribution in [2.24, 2.45) is 0 Å². The van der Waals surface area contributed by atoms with Crippen molar-refractivity contribution in [2.45, 2.75) is 17.2 Å². The van der Waals surface area contributed by atoms with E-state index in [1.54, 1.807) is 42.6 Å². The Morgan fingerprint density at radius 3 is 2.66 bits per heavy atom. The van der Waals surface area contributed by atoms with Gasteiger partial charge in [0.05, 0.1) is 33.4 Å². The third-order valence-corrected chi connectivity index (χ3v) is 7.17. The summed E-state index contributed by atoms with van der Waals surface area (Å²) in [5.41, 5.74) is 7.66. The summed E-state index contributed by atoms with van der Waals surface area (Å²) >= 11 is 14.5. The van der Waals surface area contributed by atoms with Gasteiger partial charge in [0.1, 0.15) is 34.3 Å². The SMILES string of the molecule is CC(Sc1nc(N)c(C#N)c(-c2ccco2)c1C#N)C(=O)Nc1nc(-c2ccc(Cl)cc2Cl)cs1. The zero-order valence-corrected chi connectivity index (χ0v) is 21.0. The van der Waals surface area contributed by atoms with Gasteiger partial charge in [0, 0.05) is 16.0 Å². The molecule has 0 saturated heterocycles. The number of carbonyl (C=O) groups excluding carboxylic acids is 1. The first-order chi connectivity index (χ1) is 16.8. The Morgan fingerprint density at radius 1 is 1.23 bits per heavy atom. The number of nitriles is 2. The molecule has 12 heteroatoms. The molecule has 0 saturated carbocycles. The van der Waals surface area contributed by atoms with Crippen LogP contribution in [-0.2, 0) is 4.79 Å². The third-order valence-electron chi connectivity index (χ3n) is 4.78. The molecule has 4 rings (SSSR count). The Morgan fingerprint density at radius 2 is 2.00 bits per heavy atom. The maximum Gasteiger partial charge on any atom is 0.239 e. The van der Waals surface area contributed by atoms with Crippen molar-refractivity contribution in [2.75, 3.05) is 11.1 Å². The standard InChI is InChI=1S/C23H14Cl2N6O2S2/c1-11(21(32)31-23-29-17(10-34-23)13-5-4-12(24)7-16(13)25)35-22-15(9-27)19(18-3-2-6-33-18)14(8-26)20(28)30-22/h2-7,10-11H,1H3,(H2,28,30)(H,29,31,32). The first-order valence-corrected chi connectivity index (χ1v) is 12.4. The Hall–Kier alpha value is -3.54. The first-order valence-electron chi connectivity index (χ1n) is 9.88. The molecule has 174 valence electrons. The molecule has 4 aromatic rings. The van der Waals surface area contributed by atoms with E-state index >= 15 is 0 Å². The van der Waals surface area contributed by atoms with Crippen LogP contribution >= 0.6 is 46.3 Å². The van der Waals surface area contributed by atoms with Gasteiger partial charge in [-0.3, -0.25) is 4.79 Å². The number of thioether (sulfide) groups is 1. The number of rotatable bonds is 6. The molecule has 0 fully saturated rings. The van der Waals surface area contributed by atoms with E-state index in [0.717, 1.165) is 11.8 Å². The highest BCUT2D eigenvalue weighted by molar-refractivity contribution is 8.00. The van der Waals surface area contributed by atoms with Gasteiger partial charge < -0.3 is 15.5 Å². The summed E-state index contributed by atoms with van der Waals surface area (Å²) in [5, 5.41) is 24.8. The molecule has 1 unspecified atom stereocenters. The first kappa shape index (κ1) is 24.6. The van der Waals surface area contributed by atoms with Crippen LogP contribution in [0.25, 0.3) is 22.6 Å². The number of aromatic nitrogens is 2. The molecule has 35 heavy (non-hydrogen) atoms. The topological polar surface area (TPSA) is 142 Å². The molecule has 8 nitrogen and oxygen atoms in total. The van der Waals surface area contributed by atoms with Gasteiger partial charge in [-0.25, -0.2) is 9.97 Å². The fourth-order valence-electron chi connectivity index (χ4n) is 3.13. The van der Waals surface area contributed by atoms with E-state index in [2.05, 4.69) is 21.4 Å². The number of hydrogen-bond acceptors (Lipinski definition) is 9. The fourth-order valence-corrected chi connectivity index (χ4v) is 5.27. The Labute approximate surface area is 218 Å². The van der Waals surface area contributed by atoms with E-state index < -0.39 is 5.25 Å². The van der Waals surface area contributed by atoms with Crippen LogP contribution in [0.3, 0.4) is 0 Å². The van der Waals surface area contributed by atoms with Crippen molar-refractivity contribution in [3.05, 3.63) is 63.1 Å². The molecule has 0 bridgehead atoms. The largest absolute Gasteiger partial charge is 0.464 e. The number of carbonyl (C=O) groups is 1. The molecule has 0 aliphatic carbocycles. The minimum absolute atomic E-state index is 0.0362. The highest BCUT2D eigenvalue weighted by Crippen LogP contribution is 2.37. The molecule has 3 N–H and O–H groups in total. The minimum atomic E-state index is -0.669. The summed E-state index contributed by atoms with van der Waals surface area (Å²) in [4.78, 5) is 21.5. The lowest BCUT2D eigenvalue weighted by molar-refractivity contribution is -0.115. The van der Waals surface area contributed by atoms with Gasteiger partial charge in [-0.1, -0.05) is 35.0 Å². The third kappa shape index (κ3) is 5.11. The predicted octanol–water partition coefficient (Wildman–Crippen LogP) is 6.22. The van der Waals surface area contributed by atoms with E-state index in [1.165, 1.54) is 17.6 Å². The number of amides is 1. The van der Waals surface area contributed by atoms with Crippen LogP contribution in [-0.4, -0.2) is 21.1 Å². The summed E-state index contributed by atoms with van der Waals surface area (Å²) in [7, 11) is 0. The van der Waals surface area contributed by atoms with Gasteiger partial charge in [-0.2, -0.15) is 10.5 Å². The summed E-state index contributed by atoms with van der Waals surface area (Å²) in [5.74, 6) is -0.106. The van der Waals surface area contributed by atoms with Crippen LogP contribution in [0.15, 0.2) is 51.4 Å². The molecule has 0 spiro atoms. The van der Waals surface area contributed by atoms with Gasteiger partial charge in [0.25, 0.3) is 0 Å². The number of benzene rings is 1. The lowest BCUT2D eigenvalue weighted by atomic mass is 10.0. The van der Waals surface area contributed by atoms with Crippen molar-refractivity contribution in [1.82, 2.24) is 9.97 Å². The normalized spacial score (nSPS) is 11.5. The molecule has 1 aromatic carbocycles. The minimum Gasteiger partial charge on any atom is -0.464 e. The van der Waals surface area contributed by atoms with E-state index in [-0.39, 0.29) is 33.4 Å². The van der Waals surface area contributed by atoms with Crippen molar-refractivity contribution in [1.29, 1.82) is 10.5 Å². The van der Waals surface area contributed by atoms with Crippen molar-refractivity contribution in [3.8, 4) is 34.7 Å². The van der Waals surface area contributed by atoms with Crippen molar-refractivity contribution < 1.29 is 9.21 Å². The van der Waals surface area contributed by atoms with Crippen LogP contribution in [0, 0.1) is 22.7 Å². The second-order valence-corrected chi connectivity index (χ2v) is 10.1. The smallest absolute Gasteiger partial charge is 0.239 e. The van der Waals surface area contributed by atoms with E-state index in [0.29, 0.717) is 32.2 Å². The van der Waals surface area contributed by atoms with Crippen molar-refractivity contribution >= 4 is 63.2 Å². The van der Waals surface area contributed by atoms with Crippen LogP contribution < -0.4 is 11.1 Å². The number of nitrogens with one attached hydrogen (secondary N) is 1. The fraction of sp³-hybridized carbons (Fsp3) is 0.0870. The van der Waals surface area contributed by atoms with Crippen LogP contribution in [0.5, 0.6) is 0 Å². The average molecular weight is 541 g/mol. The number of thiazole rings is 1. The van der Waals surface area contributed by atoms with Crippen LogP contribution in [0.4, 0.5) is 10.9 Å². The van der Waals surface area contributed by atoms with Gasteiger partial charge in [0.15, 0.2) is 5.13 Å². The van der Waals surface area contributed by atoms with Crippen molar-refractivity contribution in [3.63, 3.8) is 0 Å². The second kappa shape index (κ2) is 10.4. The highest BCUT2D eigenvalue weighted by atomic mass is 35.5. The molecule has 0 radical (unpaired) electrons. The van der Waals surface area contributed by atoms with Gasteiger partial charge in [-0.15, -0.1) is 11.3 Å². The lowest BCUT2D eigenvalue weighted by Crippen LogP contribution is -2.22. The lowest BCUT2D eigenvalue weighted by Gasteiger charge is -2.14. The van der Waals surface area contributed by atoms with E-state index in [9.17, 15) is 15.3 Å². The summed E-state index contributed by atoms with van der Waals surface area (Å²) in [6.45, 7) is 1.66. The number of anilines is 2. The Kier molecular flexibility index (Phi) is 7.29. The quantitative estimate of drug-likeness (QED) is 0.274. The van der Waals surface area contributed by atoms with Crippen LogP contribution in [0.1, 0.15) is 18.1 Å². The summed E-state index contributed by atoms with van der Waals surface area (Å²) in [6, 6.07) is 12.4. The van der Waals surface area contributed by atoms with Gasteiger partial charge in [-0.05, 0) is 37.3 Å². The van der Waals surface area contributed by atoms with E-state index in [4.69, 9.17) is 33.4 Å². The van der Waals surface area contributed by atoms with Gasteiger partial charge >= 0.3 is 0 Å². The highest BCUT2D eigenvalue weighted by Gasteiger charge is 2.25. The monoisotopic (exact) mass is 540 g/mol. The number of nitrogens with two attached hydrogens (primary N) is 1. The number of hydrogen-bond donors (Lipinski definition) is 2. The number of furan rings is 1. The maximum absolute atomic E-state index is 12.9. The zero-order chi connectivity index (χ0) is 25.1. The molecule has 1 amide bonds. The molecule has 3 aromatic heterocycles. The molecular formula is C23H14Cl2N6O2S2. The van der Waals surface area contributed by atoms with E-state index in [1.807, 2.05) is 6.07 Å². The van der Waals surface area contributed by atoms with Crippen LogP contribution in [0.2, 0.25) is 10.0 Å². The number of pyridine rings is 1. The molecule has 1 atom stereocenters. The van der Waals surface area contributed by atoms with Gasteiger partial charge in [0.2, 0.25) is 5.91 Å². The maximum atomic E-state index is 12.9. The number of nitrogen functional groups attached to an aromatic ring is 1. The average Bonchev–Trinajstić information content (AvgIpc) is 3.51. The summed E-state index contributed by atoms with van der Waals surface area (Å²) in [6.07, 6.45) is 1.43. The number of halogens is 2. The molecule has 0 aliphatic rings. The predicted molar refractivity (Wildman–Crippen MR) is 137 cm³/mol. The number of nitrogens with zero attached hydrogens (tertiary/aromatic N) is 4.